The number of azo groups is 1. The van der Waals surface area contributed by atoms with Crippen LogP contribution in [0.25, 0.3) is 0 Å². The first-order valence-corrected chi connectivity index (χ1v) is 7.61. The van der Waals surface area contributed by atoms with Crippen LogP contribution >= 0.6 is 0 Å². The van der Waals surface area contributed by atoms with Gasteiger partial charge in [-0.1, -0.05) is 0 Å². The number of carbonyl (C=O) groups excluding carboxylic acids is 1. The summed E-state index contributed by atoms with van der Waals surface area (Å²) in [7, 11) is 0. The molecule has 0 bridgehead atoms. The molecule has 1 aromatic rings. The predicted octanol–water partition coefficient (Wildman–Crippen LogP) is 1.28. The number of amides is 1. The predicted molar refractivity (Wildman–Crippen MR) is 82.5 cm³/mol. The molecule has 0 radical (unpaired) electrons. The van der Waals surface area contributed by atoms with E-state index in [0.717, 1.165) is 35.8 Å². The summed E-state index contributed by atoms with van der Waals surface area (Å²) in [5, 5.41) is 14.6. The maximum Gasteiger partial charge on any atom is 0.286 e. The molecule has 0 aromatic heterocycles. The van der Waals surface area contributed by atoms with E-state index >= 15 is 0 Å². The molecule has 1 amide bonds. The number of benzene rings is 1. The first-order chi connectivity index (χ1) is 10.6. The molecule has 1 saturated heterocycles. The van der Waals surface area contributed by atoms with E-state index in [1.54, 1.807) is 0 Å². The standard InChI is InChI=1S/C15H19N5O2/c1-8-3-13-12(4-11(8)17-10-5-16-6-10)20-9(2)15(21)19-18-14(20)7-22-13/h3-4,9-10,14,16-17H,5-7H2,1-2H3/t9-,14?/m1/s1. The molecule has 4 rings (SSSR count). The Morgan fingerprint density at radius 3 is 2.95 bits per heavy atom. The van der Waals surface area contributed by atoms with Crippen molar-refractivity contribution in [3.63, 3.8) is 0 Å². The van der Waals surface area contributed by atoms with Gasteiger partial charge in [0.15, 0.2) is 6.17 Å². The van der Waals surface area contributed by atoms with Crippen LogP contribution < -0.4 is 20.3 Å². The number of hydrogen-bond acceptors (Lipinski definition) is 6. The molecule has 116 valence electrons. The van der Waals surface area contributed by atoms with Crippen LogP contribution in [0.2, 0.25) is 0 Å². The van der Waals surface area contributed by atoms with E-state index in [1.807, 2.05) is 17.9 Å². The van der Waals surface area contributed by atoms with Crippen LogP contribution in [0.3, 0.4) is 0 Å². The lowest BCUT2D eigenvalue weighted by Crippen LogP contribution is -2.52. The lowest BCUT2D eigenvalue weighted by molar-refractivity contribution is -0.120. The van der Waals surface area contributed by atoms with Crippen LogP contribution in [0.1, 0.15) is 12.5 Å². The number of carbonyl (C=O) groups is 1. The third kappa shape index (κ3) is 2.04. The van der Waals surface area contributed by atoms with Crippen LogP contribution in [-0.2, 0) is 4.79 Å². The molecule has 1 unspecified atom stereocenters. The zero-order chi connectivity index (χ0) is 15.3. The molecular weight excluding hydrogens is 282 g/mol. The highest BCUT2D eigenvalue weighted by Crippen LogP contribution is 2.40. The van der Waals surface area contributed by atoms with Gasteiger partial charge in [0, 0.05) is 18.8 Å². The fourth-order valence-corrected chi connectivity index (χ4v) is 3.04. The maximum absolute atomic E-state index is 11.9. The van der Waals surface area contributed by atoms with Crippen LogP contribution in [0.15, 0.2) is 22.4 Å². The van der Waals surface area contributed by atoms with Gasteiger partial charge in [-0.3, -0.25) is 4.79 Å². The van der Waals surface area contributed by atoms with Crippen molar-refractivity contribution in [3.05, 3.63) is 17.7 Å². The molecule has 3 aliphatic rings. The molecule has 7 heteroatoms. The average molecular weight is 301 g/mol. The summed E-state index contributed by atoms with van der Waals surface area (Å²) in [5.74, 6) is 0.602. The second-order valence-electron chi connectivity index (χ2n) is 6.06. The molecule has 0 spiro atoms. The van der Waals surface area contributed by atoms with Crippen molar-refractivity contribution in [2.24, 2.45) is 10.2 Å². The van der Waals surface area contributed by atoms with Crippen molar-refractivity contribution in [3.8, 4) is 5.75 Å². The summed E-state index contributed by atoms with van der Waals surface area (Å²) >= 11 is 0. The highest BCUT2D eigenvalue weighted by molar-refractivity contribution is 5.88. The van der Waals surface area contributed by atoms with Crippen molar-refractivity contribution in [2.45, 2.75) is 32.1 Å². The summed E-state index contributed by atoms with van der Waals surface area (Å²) in [4.78, 5) is 13.9. The molecule has 0 aliphatic carbocycles. The zero-order valence-electron chi connectivity index (χ0n) is 12.7. The Labute approximate surface area is 128 Å². The number of aryl methyl sites for hydroxylation is 1. The fourth-order valence-electron chi connectivity index (χ4n) is 3.04. The number of rotatable bonds is 2. The topological polar surface area (TPSA) is 78.3 Å². The molecule has 3 aliphatic heterocycles. The van der Waals surface area contributed by atoms with Crippen LogP contribution in [0.5, 0.6) is 5.75 Å². The Kier molecular flexibility index (Phi) is 3.04. The quantitative estimate of drug-likeness (QED) is 0.860. The van der Waals surface area contributed by atoms with Crippen LogP contribution in [0.4, 0.5) is 11.4 Å². The molecule has 3 heterocycles. The van der Waals surface area contributed by atoms with Crippen molar-refractivity contribution in [1.29, 1.82) is 0 Å². The van der Waals surface area contributed by atoms with Crippen molar-refractivity contribution in [2.75, 3.05) is 29.9 Å². The van der Waals surface area contributed by atoms with Crippen LogP contribution in [0, 0.1) is 6.92 Å². The number of nitrogens with zero attached hydrogens (tertiary/aromatic N) is 3. The number of ether oxygens (including phenoxy) is 1. The van der Waals surface area contributed by atoms with Gasteiger partial charge in [-0.15, -0.1) is 5.11 Å². The van der Waals surface area contributed by atoms with Gasteiger partial charge in [-0.25, -0.2) is 0 Å². The largest absolute Gasteiger partial charge is 0.487 e. The molecule has 0 saturated carbocycles. The van der Waals surface area contributed by atoms with E-state index in [0.29, 0.717) is 12.6 Å². The molecule has 2 N–H and O–H groups in total. The first kappa shape index (κ1) is 13.5. The Morgan fingerprint density at radius 1 is 1.41 bits per heavy atom. The van der Waals surface area contributed by atoms with Gasteiger partial charge in [0.1, 0.15) is 18.4 Å². The summed E-state index contributed by atoms with van der Waals surface area (Å²) in [5.41, 5.74) is 3.13. The minimum atomic E-state index is -0.314. The minimum absolute atomic E-state index is 0.206. The van der Waals surface area contributed by atoms with E-state index in [-0.39, 0.29) is 18.1 Å². The first-order valence-electron chi connectivity index (χ1n) is 7.61. The Balaban J connectivity index is 1.73. The fraction of sp³-hybridized carbons (Fsp3) is 0.533. The number of anilines is 2. The highest BCUT2D eigenvalue weighted by Gasteiger charge is 2.38. The number of hydrogen-bond donors (Lipinski definition) is 2. The third-order valence-corrected chi connectivity index (χ3v) is 4.50. The second-order valence-corrected chi connectivity index (χ2v) is 6.06. The second kappa shape index (κ2) is 4.95. The van der Waals surface area contributed by atoms with E-state index in [1.165, 1.54) is 0 Å². The minimum Gasteiger partial charge on any atom is -0.487 e. The molecular formula is C15H19N5O2. The third-order valence-electron chi connectivity index (χ3n) is 4.50. The van der Waals surface area contributed by atoms with Gasteiger partial charge in [0.05, 0.1) is 11.7 Å². The normalized spacial score (nSPS) is 26.8. The molecule has 22 heavy (non-hydrogen) atoms. The highest BCUT2D eigenvalue weighted by atomic mass is 16.5. The van der Waals surface area contributed by atoms with Crippen molar-refractivity contribution in [1.82, 2.24) is 5.32 Å². The summed E-state index contributed by atoms with van der Waals surface area (Å²) in [6.45, 7) is 6.30. The van der Waals surface area contributed by atoms with Gasteiger partial charge in [-0.05, 0) is 31.5 Å². The summed E-state index contributed by atoms with van der Waals surface area (Å²) in [6, 6.07) is 4.24. The van der Waals surface area contributed by atoms with Gasteiger partial charge in [-0.2, -0.15) is 5.11 Å². The average Bonchev–Trinajstić information content (AvgIpc) is 2.46. The maximum atomic E-state index is 11.9. The Hall–Kier alpha value is -2.15. The molecule has 1 aromatic carbocycles. The Bertz CT molecular complexity index is 656. The zero-order valence-corrected chi connectivity index (χ0v) is 12.7. The van der Waals surface area contributed by atoms with Crippen LogP contribution in [-0.4, -0.2) is 43.9 Å². The Morgan fingerprint density at radius 2 is 2.23 bits per heavy atom. The summed E-state index contributed by atoms with van der Waals surface area (Å²) in [6.07, 6.45) is -0.221. The van der Waals surface area contributed by atoms with E-state index < -0.39 is 0 Å². The van der Waals surface area contributed by atoms with E-state index in [2.05, 4.69) is 33.9 Å². The van der Waals surface area contributed by atoms with Gasteiger partial charge in [0.25, 0.3) is 5.91 Å². The van der Waals surface area contributed by atoms with E-state index in [4.69, 9.17) is 4.74 Å². The van der Waals surface area contributed by atoms with Gasteiger partial charge in [0.2, 0.25) is 0 Å². The van der Waals surface area contributed by atoms with Crippen molar-refractivity contribution >= 4 is 17.3 Å². The molecule has 7 nitrogen and oxygen atoms in total. The molecule has 2 atom stereocenters. The van der Waals surface area contributed by atoms with Gasteiger partial charge < -0.3 is 20.3 Å². The number of nitrogens with one attached hydrogen (secondary N) is 2. The van der Waals surface area contributed by atoms with Crippen molar-refractivity contribution < 1.29 is 9.53 Å². The lowest BCUT2D eigenvalue weighted by atomic mass is 10.1. The SMILES string of the molecule is Cc1cc2c(cc1NC1CNC1)N1C(CO2)N=NC(=O)[C@H]1C. The molecule has 1 fully saturated rings. The van der Waals surface area contributed by atoms with Gasteiger partial charge >= 0.3 is 0 Å². The smallest absolute Gasteiger partial charge is 0.286 e. The lowest BCUT2D eigenvalue weighted by Gasteiger charge is -2.41. The monoisotopic (exact) mass is 301 g/mol. The van der Waals surface area contributed by atoms with E-state index in [9.17, 15) is 4.79 Å². The summed E-state index contributed by atoms with van der Waals surface area (Å²) < 4.78 is 5.81. The number of fused-ring (bicyclic) bond motifs is 3.